The number of anilines is 1. The number of aromatic nitrogens is 2. The monoisotopic (exact) mass is 368 g/mol. The summed E-state index contributed by atoms with van der Waals surface area (Å²) in [6.07, 6.45) is 3.85. The van der Waals surface area contributed by atoms with Crippen molar-refractivity contribution in [2.24, 2.45) is 0 Å². The first kappa shape index (κ1) is 16.6. The smallest absolute Gasteiger partial charge is 0.271 e. The molecule has 0 radical (unpaired) electrons. The number of hydrogen-bond donors (Lipinski definition) is 1. The van der Waals surface area contributed by atoms with Gasteiger partial charge in [0, 0.05) is 25.4 Å². The number of imidazole rings is 1. The number of halogens is 1. The fraction of sp³-hybridized carbons (Fsp3) is 0.211. The van der Waals surface area contributed by atoms with Gasteiger partial charge in [0.2, 0.25) is 5.91 Å². The van der Waals surface area contributed by atoms with Crippen molar-refractivity contribution < 1.29 is 9.59 Å². The predicted molar refractivity (Wildman–Crippen MR) is 99.6 cm³/mol. The number of para-hydroxylation sites is 1. The van der Waals surface area contributed by atoms with E-state index < -0.39 is 0 Å². The fourth-order valence-corrected chi connectivity index (χ4v) is 3.42. The lowest BCUT2D eigenvalue weighted by Crippen LogP contribution is -2.37. The highest BCUT2D eigenvalue weighted by Gasteiger charge is 2.33. The van der Waals surface area contributed by atoms with Gasteiger partial charge < -0.3 is 14.6 Å². The highest BCUT2D eigenvalue weighted by atomic mass is 35.5. The number of pyridine rings is 1. The van der Waals surface area contributed by atoms with E-state index in [1.54, 1.807) is 23.2 Å². The van der Waals surface area contributed by atoms with Crippen molar-refractivity contribution in [3.05, 3.63) is 65.1 Å². The van der Waals surface area contributed by atoms with Gasteiger partial charge in [-0.3, -0.25) is 9.59 Å². The second-order valence-electron chi connectivity index (χ2n) is 6.43. The molecule has 6 nitrogen and oxygen atoms in total. The maximum Gasteiger partial charge on any atom is 0.271 e. The Balaban J connectivity index is 1.49. The number of rotatable bonds is 3. The summed E-state index contributed by atoms with van der Waals surface area (Å²) in [6, 6.07) is 10.7. The number of nitrogens with zero attached hydrogens (tertiary/aromatic N) is 3. The topological polar surface area (TPSA) is 66.7 Å². The van der Waals surface area contributed by atoms with Gasteiger partial charge in [0.15, 0.2) is 0 Å². The van der Waals surface area contributed by atoms with Gasteiger partial charge in [-0.25, -0.2) is 4.98 Å². The van der Waals surface area contributed by atoms with E-state index in [1.807, 2.05) is 41.8 Å². The molecule has 3 heterocycles. The van der Waals surface area contributed by atoms with Crippen LogP contribution in [0, 0.1) is 6.92 Å². The van der Waals surface area contributed by atoms with Crippen LogP contribution in [0.4, 0.5) is 5.69 Å². The van der Waals surface area contributed by atoms with Gasteiger partial charge in [0.1, 0.15) is 11.3 Å². The molecular formula is C19H17ClN4O2. The minimum absolute atomic E-state index is 0.0611. The summed E-state index contributed by atoms with van der Waals surface area (Å²) in [5.74, 6) is -0.348. The molecule has 1 aliphatic rings. The van der Waals surface area contributed by atoms with Crippen molar-refractivity contribution in [1.29, 1.82) is 0 Å². The van der Waals surface area contributed by atoms with Gasteiger partial charge in [-0.2, -0.15) is 0 Å². The summed E-state index contributed by atoms with van der Waals surface area (Å²) < 4.78 is 1.82. The minimum atomic E-state index is -0.287. The average molecular weight is 369 g/mol. The SMILES string of the molecule is Cc1ccc2nc(C(=O)NC3CC(=O)N(c4ccccc4Cl)C3)cn2c1. The van der Waals surface area contributed by atoms with Crippen LogP contribution in [0.25, 0.3) is 5.65 Å². The Morgan fingerprint density at radius 1 is 1.23 bits per heavy atom. The lowest BCUT2D eigenvalue weighted by atomic mass is 10.2. The zero-order valence-corrected chi connectivity index (χ0v) is 14.9. The first-order valence-electron chi connectivity index (χ1n) is 8.32. The molecule has 0 aliphatic carbocycles. The molecule has 7 heteroatoms. The third-order valence-electron chi connectivity index (χ3n) is 4.44. The predicted octanol–water partition coefficient (Wildman–Crippen LogP) is 2.83. The third-order valence-corrected chi connectivity index (χ3v) is 4.75. The third kappa shape index (κ3) is 3.04. The van der Waals surface area contributed by atoms with E-state index in [4.69, 9.17) is 11.6 Å². The van der Waals surface area contributed by atoms with Gasteiger partial charge in [-0.15, -0.1) is 0 Å². The van der Waals surface area contributed by atoms with Crippen LogP contribution >= 0.6 is 11.6 Å². The number of hydrogen-bond acceptors (Lipinski definition) is 3. The number of nitrogens with one attached hydrogen (secondary N) is 1. The Hall–Kier alpha value is -2.86. The first-order chi connectivity index (χ1) is 12.5. The maximum atomic E-state index is 12.5. The van der Waals surface area contributed by atoms with Crippen LogP contribution in [0.15, 0.2) is 48.8 Å². The standard InChI is InChI=1S/C19H17ClN4O2/c1-12-6-7-17-22-15(11-23(17)9-12)19(26)21-13-8-18(25)24(10-13)16-5-3-2-4-14(16)20/h2-7,9,11,13H,8,10H2,1H3,(H,21,26). The molecule has 0 saturated carbocycles. The minimum Gasteiger partial charge on any atom is -0.346 e. The van der Waals surface area contributed by atoms with E-state index >= 15 is 0 Å². The van der Waals surface area contributed by atoms with Crippen LogP contribution < -0.4 is 10.2 Å². The van der Waals surface area contributed by atoms with Crippen molar-refractivity contribution >= 4 is 34.7 Å². The van der Waals surface area contributed by atoms with E-state index in [9.17, 15) is 9.59 Å². The quantitative estimate of drug-likeness (QED) is 0.773. The van der Waals surface area contributed by atoms with Crippen molar-refractivity contribution in [1.82, 2.24) is 14.7 Å². The maximum absolute atomic E-state index is 12.5. The fourth-order valence-electron chi connectivity index (χ4n) is 3.18. The number of carbonyl (C=O) groups excluding carboxylic acids is 2. The number of amides is 2. The van der Waals surface area contributed by atoms with Gasteiger partial charge >= 0.3 is 0 Å². The highest BCUT2D eigenvalue weighted by Crippen LogP contribution is 2.29. The van der Waals surface area contributed by atoms with Crippen LogP contribution in [0.5, 0.6) is 0 Å². The Bertz CT molecular complexity index is 1010. The van der Waals surface area contributed by atoms with Crippen LogP contribution in [-0.4, -0.2) is 33.8 Å². The van der Waals surface area contributed by atoms with E-state index in [2.05, 4.69) is 10.3 Å². The molecule has 1 aliphatic heterocycles. The van der Waals surface area contributed by atoms with Crippen LogP contribution in [0.2, 0.25) is 5.02 Å². The van der Waals surface area contributed by atoms with Crippen molar-refractivity contribution in [2.45, 2.75) is 19.4 Å². The van der Waals surface area contributed by atoms with Crippen molar-refractivity contribution in [3.8, 4) is 0 Å². The molecule has 1 aromatic carbocycles. The summed E-state index contributed by atoms with van der Waals surface area (Å²) in [7, 11) is 0. The van der Waals surface area contributed by atoms with Gasteiger partial charge in [0.05, 0.1) is 16.8 Å². The summed E-state index contributed by atoms with van der Waals surface area (Å²) in [5.41, 5.74) is 2.79. The molecule has 1 atom stereocenters. The Kier molecular flexibility index (Phi) is 4.12. The number of aryl methyl sites for hydroxylation is 1. The summed E-state index contributed by atoms with van der Waals surface area (Å²) in [5, 5.41) is 3.42. The molecule has 0 spiro atoms. The Morgan fingerprint density at radius 2 is 2.04 bits per heavy atom. The zero-order valence-electron chi connectivity index (χ0n) is 14.1. The summed E-state index contributed by atoms with van der Waals surface area (Å²) in [6.45, 7) is 2.37. The van der Waals surface area contributed by atoms with Crippen LogP contribution in [0.1, 0.15) is 22.5 Å². The van der Waals surface area contributed by atoms with Crippen molar-refractivity contribution in [2.75, 3.05) is 11.4 Å². The lowest BCUT2D eigenvalue weighted by Gasteiger charge is -2.18. The zero-order chi connectivity index (χ0) is 18.3. The second-order valence-corrected chi connectivity index (χ2v) is 6.84. The normalized spacial score (nSPS) is 17.1. The van der Waals surface area contributed by atoms with Gasteiger partial charge in [-0.1, -0.05) is 29.8 Å². The molecule has 132 valence electrons. The highest BCUT2D eigenvalue weighted by molar-refractivity contribution is 6.33. The molecule has 26 heavy (non-hydrogen) atoms. The van der Waals surface area contributed by atoms with E-state index in [-0.39, 0.29) is 24.3 Å². The van der Waals surface area contributed by atoms with Gasteiger partial charge in [0.25, 0.3) is 5.91 Å². The molecule has 1 unspecified atom stereocenters. The van der Waals surface area contributed by atoms with E-state index in [1.165, 1.54) is 0 Å². The van der Waals surface area contributed by atoms with Crippen LogP contribution in [0.3, 0.4) is 0 Å². The largest absolute Gasteiger partial charge is 0.346 e. The van der Waals surface area contributed by atoms with E-state index in [0.717, 1.165) is 5.56 Å². The molecule has 4 rings (SSSR count). The second kappa shape index (κ2) is 6.46. The molecule has 1 fully saturated rings. The van der Waals surface area contributed by atoms with E-state index in [0.29, 0.717) is 28.6 Å². The van der Waals surface area contributed by atoms with Crippen molar-refractivity contribution in [3.63, 3.8) is 0 Å². The molecule has 2 aromatic heterocycles. The number of fused-ring (bicyclic) bond motifs is 1. The Morgan fingerprint density at radius 3 is 2.85 bits per heavy atom. The first-order valence-corrected chi connectivity index (χ1v) is 8.70. The molecular weight excluding hydrogens is 352 g/mol. The average Bonchev–Trinajstić information content (AvgIpc) is 3.18. The summed E-state index contributed by atoms with van der Waals surface area (Å²) >= 11 is 6.18. The lowest BCUT2D eigenvalue weighted by molar-refractivity contribution is -0.117. The van der Waals surface area contributed by atoms with Crippen LogP contribution in [-0.2, 0) is 4.79 Å². The molecule has 0 bridgehead atoms. The summed E-state index contributed by atoms with van der Waals surface area (Å²) in [4.78, 5) is 30.8. The van der Waals surface area contributed by atoms with Gasteiger partial charge in [-0.05, 0) is 30.7 Å². The molecule has 1 saturated heterocycles. The molecule has 1 N–H and O–H groups in total. The Labute approximate surface area is 155 Å². The molecule has 2 amide bonds. The number of benzene rings is 1. The molecule has 3 aromatic rings. The number of carbonyl (C=O) groups is 2.